The number of aliphatic imine (C=N–C) groups is 1. The van der Waals surface area contributed by atoms with Gasteiger partial charge in [0.1, 0.15) is 12.5 Å². The summed E-state index contributed by atoms with van der Waals surface area (Å²) in [5, 5.41) is 6.85. The Labute approximate surface area is 212 Å². The molecule has 0 bridgehead atoms. The van der Waals surface area contributed by atoms with E-state index in [1.54, 1.807) is 25.6 Å². The van der Waals surface area contributed by atoms with E-state index in [0.717, 1.165) is 61.0 Å². The molecule has 5 rings (SSSR count). The van der Waals surface area contributed by atoms with Gasteiger partial charge < -0.3 is 29.6 Å². The summed E-state index contributed by atoms with van der Waals surface area (Å²) in [6.07, 6.45) is 0. The van der Waals surface area contributed by atoms with E-state index in [4.69, 9.17) is 18.9 Å². The maximum Gasteiger partial charge on any atom is 0.231 e. The minimum Gasteiger partial charge on any atom is -0.493 e. The molecule has 0 atom stereocenters. The molecule has 7 nitrogen and oxygen atoms in total. The number of fused-ring (bicyclic) bond motifs is 2. The van der Waals surface area contributed by atoms with E-state index < -0.39 is 0 Å². The van der Waals surface area contributed by atoms with Crippen molar-refractivity contribution in [2.75, 3.05) is 33.0 Å². The van der Waals surface area contributed by atoms with Gasteiger partial charge in [0.05, 0.1) is 24.8 Å². The highest BCUT2D eigenvalue weighted by Gasteiger charge is 2.20. The van der Waals surface area contributed by atoms with Crippen LogP contribution in [0.25, 0.3) is 10.4 Å². The third kappa shape index (κ3) is 5.65. The van der Waals surface area contributed by atoms with Gasteiger partial charge in [0, 0.05) is 11.4 Å². The van der Waals surface area contributed by atoms with Crippen molar-refractivity contribution in [3.8, 4) is 33.4 Å². The van der Waals surface area contributed by atoms with E-state index in [-0.39, 0.29) is 6.79 Å². The van der Waals surface area contributed by atoms with E-state index in [2.05, 4.69) is 27.8 Å². The van der Waals surface area contributed by atoms with E-state index in [1.165, 1.54) is 0 Å². The van der Waals surface area contributed by atoms with Gasteiger partial charge in [-0.3, -0.25) is 0 Å². The Hall–Kier alpha value is -3.39. The van der Waals surface area contributed by atoms with Crippen LogP contribution in [-0.2, 0) is 6.54 Å². The number of nitrogens with zero attached hydrogens (tertiary/aromatic N) is 1. The number of nitrogens with one attached hydrogen (secondary N) is 2. The van der Waals surface area contributed by atoms with Crippen molar-refractivity contribution in [1.29, 1.82) is 0 Å². The van der Waals surface area contributed by atoms with E-state index in [9.17, 15) is 0 Å². The van der Waals surface area contributed by atoms with Gasteiger partial charge in [-0.1, -0.05) is 33.8 Å². The molecule has 0 spiro atoms. The predicted molar refractivity (Wildman–Crippen MR) is 145 cm³/mol. The zero-order valence-electron chi connectivity index (χ0n) is 21.6. The summed E-state index contributed by atoms with van der Waals surface area (Å²) in [4.78, 5) is 6.88. The molecule has 2 aliphatic heterocycles. The Morgan fingerprint density at radius 1 is 1.00 bits per heavy atom. The Bertz CT molecular complexity index is 1170. The number of anilines is 1. The fourth-order valence-electron chi connectivity index (χ4n) is 3.79. The van der Waals surface area contributed by atoms with Crippen LogP contribution in [0.3, 0.4) is 0 Å². The molecule has 3 aromatic rings. The standard InChI is InChI=1S/C23H23N3O4S.2C2H6/c1-13-6-15(8-19(27-2)21(13)28-3)20-9-16-22(31-20)23(26-11-25-16)24-10-14-4-5-17-18(7-14)30-12-29-17;2*1-2/h4-9,25H,10-12H2,1-3H3,(H,24,26);2*1-2H3. The van der Waals surface area contributed by atoms with Gasteiger partial charge in [0.15, 0.2) is 23.0 Å². The number of hydrogen-bond acceptors (Lipinski definition) is 8. The van der Waals surface area contributed by atoms with E-state index in [1.807, 2.05) is 58.9 Å². The average Bonchev–Trinajstić information content (AvgIpc) is 3.56. The second kappa shape index (κ2) is 12.4. The Morgan fingerprint density at radius 2 is 1.77 bits per heavy atom. The number of methoxy groups -OCH3 is 2. The maximum absolute atomic E-state index is 5.53. The second-order valence-corrected chi connectivity index (χ2v) is 8.32. The summed E-state index contributed by atoms with van der Waals surface area (Å²) >= 11 is 1.70. The van der Waals surface area contributed by atoms with Gasteiger partial charge >= 0.3 is 0 Å². The summed E-state index contributed by atoms with van der Waals surface area (Å²) in [6.45, 7) is 11.5. The molecule has 188 valence electrons. The van der Waals surface area contributed by atoms with Gasteiger partial charge in [-0.2, -0.15) is 0 Å². The lowest BCUT2D eigenvalue weighted by atomic mass is 10.1. The van der Waals surface area contributed by atoms with E-state index in [0.29, 0.717) is 13.2 Å². The predicted octanol–water partition coefficient (Wildman–Crippen LogP) is 6.44. The minimum absolute atomic E-state index is 0.279. The highest BCUT2D eigenvalue weighted by Crippen LogP contribution is 2.41. The largest absolute Gasteiger partial charge is 0.493 e. The molecule has 1 aromatic heterocycles. The van der Waals surface area contributed by atoms with Crippen LogP contribution < -0.4 is 29.6 Å². The lowest BCUT2D eigenvalue weighted by Crippen LogP contribution is -2.27. The molecule has 35 heavy (non-hydrogen) atoms. The molecule has 0 aliphatic carbocycles. The molecule has 8 heteroatoms. The monoisotopic (exact) mass is 497 g/mol. The van der Waals surface area contributed by atoms with Crippen molar-refractivity contribution in [2.24, 2.45) is 4.99 Å². The zero-order chi connectivity index (χ0) is 25.4. The molecule has 2 N–H and O–H groups in total. The van der Waals surface area contributed by atoms with Crippen molar-refractivity contribution in [1.82, 2.24) is 5.32 Å². The molecule has 2 aromatic carbocycles. The van der Waals surface area contributed by atoms with Crippen molar-refractivity contribution in [3.05, 3.63) is 52.4 Å². The number of rotatable bonds is 5. The average molecular weight is 498 g/mol. The Balaban J connectivity index is 0.000000815. The zero-order valence-corrected chi connectivity index (χ0v) is 22.4. The van der Waals surface area contributed by atoms with E-state index >= 15 is 0 Å². The summed E-state index contributed by atoms with van der Waals surface area (Å²) in [5.41, 5.74) is 4.31. The van der Waals surface area contributed by atoms with Crippen LogP contribution in [0.2, 0.25) is 0 Å². The topological polar surface area (TPSA) is 73.3 Å². The summed E-state index contributed by atoms with van der Waals surface area (Å²) in [6, 6.07) is 12.3. The molecular weight excluding hydrogens is 462 g/mol. The number of amidine groups is 1. The van der Waals surface area contributed by atoms with Crippen LogP contribution >= 0.6 is 11.3 Å². The summed E-state index contributed by atoms with van der Waals surface area (Å²) in [7, 11) is 3.32. The second-order valence-electron chi connectivity index (χ2n) is 7.26. The third-order valence-corrected chi connectivity index (χ3v) is 6.49. The first-order chi connectivity index (χ1) is 17.2. The van der Waals surface area contributed by atoms with Crippen molar-refractivity contribution in [3.63, 3.8) is 0 Å². The molecule has 0 radical (unpaired) electrons. The quantitative estimate of drug-likeness (QED) is 0.423. The first kappa shape index (κ1) is 26.2. The molecule has 2 aliphatic rings. The molecule has 0 saturated heterocycles. The maximum atomic E-state index is 5.53. The molecule has 0 unspecified atom stereocenters. The normalized spacial score (nSPS) is 12.6. The fraction of sp³-hybridized carbons (Fsp3) is 0.370. The number of hydrogen-bond donors (Lipinski definition) is 2. The van der Waals surface area contributed by atoms with Gasteiger partial charge in [-0.15, -0.1) is 11.3 Å². The number of ether oxygens (including phenoxy) is 4. The molecular formula is C27H35N3O4S. The molecule has 0 amide bonds. The van der Waals surface area contributed by atoms with Crippen LogP contribution in [0.4, 0.5) is 5.69 Å². The number of aryl methyl sites for hydroxylation is 1. The SMILES string of the molecule is CC.CC.COc1cc(-c2cc3c(s2)C(NCc2ccc4c(c2)OCO4)=NCN3)cc(C)c1OC. The highest BCUT2D eigenvalue weighted by molar-refractivity contribution is 7.18. The lowest BCUT2D eigenvalue weighted by Gasteiger charge is -2.16. The van der Waals surface area contributed by atoms with Gasteiger partial charge in [-0.25, -0.2) is 4.99 Å². The van der Waals surface area contributed by atoms with Crippen LogP contribution in [0.5, 0.6) is 23.0 Å². The molecule has 0 fully saturated rings. The van der Waals surface area contributed by atoms with Crippen molar-refractivity contribution in [2.45, 2.75) is 41.2 Å². The Morgan fingerprint density at radius 3 is 2.51 bits per heavy atom. The minimum atomic E-state index is 0.279. The lowest BCUT2D eigenvalue weighted by molar-refractivity contribution is 0.174. The first-order valence-corrected chi connectivity index (χ1v) is 12.8. The smallest absolute Gasteiger partial charge is 0.231 e. The number of thiophene rings is 1. The first-order valence-electron chi connectivity index (χ1n) is 11.9. The summed E-state index contributed by atoms with van der Waals surface area (Å²) < 4.78 is 21.9. The van der Waals surface area contributed by atoms with Crippen LogP contribution in [0, 0.1) is 6.92 Å². The van der Waals surface area contributed by atoms with Crippen LogP contribution in [-0.4, -0.2) is 33.5 Å². The van der Waals surface area contributed by atoms with Gasteiger partial charge in [0.2, 0.25) is 6.79 Å². The van der Waals surface area contributed by atoms with Crippen molar-refractivity contribution < 1.29 is 18.9 Å². The fourth-order valence-corrected chi connectivity index (χ4v) is 4.89. The Kier molecular flexibility index (Phi) is 9.25. The van der Waals surface area contributed by atoms with Crippen molar-refractivity contribution >= 4 is 22.9 Å². The van der Waals surface area contributed by atoms with Gasteiger partial charge in [-0.05, 0) is 53.9 Å². The summed E-state index contributed by atoms with van der Waals surface area (Å²) in [5.74, 6) is 3.96. The molecule has 0 saturated carbocycles. The molecule has 3 heterocycles. The van der Waals surface area contributed by atoms with Crippen LogP contribution in [0.1, 0.15) is 43.7 Å². The number of benzene rings is 2. The third-order valence-electron chi connectivity index (χ3n) is 5.30. The van der Waals surface area contributed by atoms with Crippen LogP contribution in [0.15, 0.2) is 41.4 Å². The van der Waals surface area contributed by atoms with Gasteiger partial charge in [0.25, 0.3) is 0 Å². The highest BCUT2D eigenvalue weighted by atomic mass is 32.1.